The number of rotatable bonds is 6. The Bertz CT molecular complexity index is 378. The van der Waals surface area contributed by atoms with Crippen molar-refractivity contribution in [3.63, 3.8) is 0 Å². The van der Waals surface area contributed by atoms with Crippen LogP contribution >= 0.6 is 0 Å². The SMILES string of the molecule is C=C[C@@H]1CCCN1C(=O)[C@@H](NC(=O)[C@H](C)NC)C(C)C.[HH].[HH]. The number of hydrogen-bond acceptors (Lipinski definition) is 3. The fourth-order valence-electron chi connectivity index (χ4n) is 2.41. The molecule has 0 aromatic rings. The molecule has 2 amide bonds. The van der Waals surface area contributed by atoms with Crippen molar-refractivity contribution in [3.8, 4) is 0 Å². The summed E-state index contributed by atoms with van der Waals surface area (Å²) in [5.41, 5.74) is 0. The van der Waals surface area contributed by atoms with Gasteiger partial charge in [0.15, 0.2) is 0 Å². The molecule has 5 heteroatoms. The molecular formula is C15H31N3O2. The van der Waals surface area contributed by atoms with Gasteiger partial charge in [0.1, 0.15) is 6.04 Å². The maximum absolute atomic E-state index is 12.6. The summed E-state index contributed by atoms with van der Waals surface area (Å²) in [6, 6.07) is -0.681. The number of likely N-dealkylation sites (tertiary alicyclic amines) is 1. The largest absolute Gasteiger partial charge is 0.343 e. The van der Waals surface area contributed by atoms with E-state index in [-0.39, 0.29) is 32.7 Å². The van der Waals surface area contributed by atoms with E-state index in [1.807, 2.05) is 24.8 Å². The van der Waals surface area contributed by atoms with Crippen LogP contribution in [0.25, 0.3) is 0 Å². The number of likely N-dealkylation sites (N-methyl/N-ethyl adjacent to an activating group) is 1. The second-order valence-corrected chi connectivity index (χ2v) is 5.72. The van der Waals surface area contributed by atoms with Gasteiger partial charge >= 0.3 is 0 Å². The topological polar surface area (TPSA) is 61.4 Å². The van der Waals surface area contributed by atoms with Gasteiger partial charge in [0.25, 0.3) is 0 Å². The standard InChI is InChI=1S/C15H27N3O2.2H2/c1-6-12-8-7-9-18(12)15(20)13(10(2)3)17-14(19)11(4)16-5;;/h6,10-13,16H,1,7-9H2,2-5H3,(H,17,19);2*1H/t11-,12+,13-;;/m0../s1. The number of nitrogens with one attached hydrogen (secondary N) is 2. The first kappa shape index (κ1) is 16.7. The number of carbonyl (C=O) groups excluding carboxylic acids is 2. The van der Waals surface area contributed by atoms with Crippen molar-refractivity contribution in [2.24, 2.45) is 5.92 Å². The maximum Gasteiger partial charge on any atom is 0.245 e. The third-order valence-electron chi connectivity index (χ3n) is 3.91. The molecule has 0 unspecified atom stereocenters. The molecule has 2 N–H and O–H groups in total. The molecule has 1 aliphatic heterocycles. The van der Waals surface area contributed by atoms with Gasteiger partial charge in [-0.25, -0.2) is 0 Å². The molecule has 0 aliphatic carbocycles. The Balaban J connectivity index is 0. The first-order valence-electron chi connectivity index (χ1n) is 7.33. The monoisotopic (exact) mass is 285 g/mol. The van der Waals surface area contributed by atoms with Gasteiger partial charge in [-0.15, -0.1) is 6.58 Å². The average molecular weight is 285 g/mol. The predicted octanol–water partition coefficient (Wildman–Crippen LogP) is 1.40. The fourth-order valence-corrected chi connectivity index (χ4v) is 2.41. The van der Waals surface area contributed by atoms with Crippen LogP contribution in [0.2, 0.25) is 0 Å². The van der Waals surface area contributed by atoms with Crippen molar-refractivity contribution >= 4 is 11.8 Å². The van der Waals surface area contributed by atoms with Crippen LogP contribution in [0.15, 0.2) is 12.7 Å². The summed E-state index contributed by atoms with van der Waals surface area (Å²) in [5, 5.41) is 5.75. The van der Waals surface area contributed by atoms with Gasteiger partial charge < -0.3 is 15.5 Å². The molecule has 0 spiro atoms. The summed E-state index contributed by atoms with van der Waals surface area (Å²) in [6.07, 6.45) is 3.77. The van der Waals surface area contributed by atoms with E-state index >= 15 is 0 Å². The van der Waals surface area contributed by atoms with E-state index in [4.69, 9.17) is 0 Å². The zero-order valence-electron chi connectivity index (χ0n) is 13.0. The van der Waals surface area contributed by atoms with E-state index in [0.717, 1.165) is 19.4 Å². The van der Waals surface area contributed by atoms with E-state index in [9.17, 15) is 9.59 Å². The molecule has 3 atom stereocenters. The second-order valence-electron chi connectivity index (χ2n) is 5.72. The van der Waals surface area contributed by atoms with Crippen LogP contribution in [0.3, 0.4) is 0 Å². The minimum atomic E-state index is -0.473. The van der Waals surface area contributed by atoms with Crippen LogP contribution in [-0.4, -0.2) is 48.4 Å². The molecule has 0 aromatic carbocycles. The number of nitrogens with zero attached hydrogens (tertiary/aromatic N) is 1. The van der Waals surface area contributed by atoms with Gasteiger partial charge in [0, 0.05) is 15.4 Å². The minimum Gasteiger partial charge on any atom is -0.343 e. The van der Waals surface area contributed by atoms with E-state index in [1.165, 1.54) is 0 Å². The lowest BCUT2D eigenvalue weighted by Crippen LogP contribution is -2.55. The highest BCUT2D eigenvalue weighted by Crippen LogP contribution is 2.20. The van der Waals surface area contributed by atoms with Crippen LogP contribution in [0.4, 0.5) is 0 Å². The van der Waals surface area contributed by atoms with Gasteiger partial charge in [0.2, 0.25) is 11.8 Å². The van der Waals surface area contributed by atoms with Crippen molar-refractivity contribution in [1.82, 2.24) is 15.5 Å². The minimum absolute atomic E-state index is 0. The number of amides is 2. The Hall–Kier alpha value is -1.36. The van der Waals surface area contributed by atoms with Gasteiger partial charge in [0.05, 0.1) is 6.04 Å². The molecule has 0 radical (unpaired) electrons. The highest BCUT2D eigenvalue weighted by molar-refractivity contribution is 5.90. The molecule has 1 rings (SSSR count). The van der Waals surface area contributed by atoms with Crippen LogP contribution < -0.4 is 10.6 Å². The molecule has 5 nitrogen and oxygen atoms in total. The first-order valence-corrected chi connectivity index (χ1v) is 7.33. The molecule has 0 saturated carbocycles. The van der Waals surface area contributed by atoms with Crippen molar-refractivity contribution < 1.29 is 12.4 Å². The Morgan fingerprint density at radius 3 is 2.55 bits per heavy atom. The van der Waals surface area contributed by atoms with Crippen LogP contribution in [0.5, 0.6) is 0 Å². The Kier molecular flexibility index (Phi) is 6.20. The summed E-state index contributed by atoms with van der Waals surface area (Å²) in [4.78, 5) is 26.5. The molecule has 0 aromatic heterocycles. The lowest BCUT2D eigenvalue weighted by atomic mass is 10.0. The summed E-state index contributed by atoms with van der Waals surface area (Å²) >= 11 is 0. The molecule has 20 heavy (non-hydrogen) atoms. The number of hydrogen-bond donors (Lipinski definition) is 2. The van der Waals surface area contributed by atoms with Crippen LogP contribution in [0, 0.1) is 5.92 Å². The third kappa shape index (κ3) is 3.82. The Morgan fingerprint density at radius 2 is 2.05 bits per heavy atom. The van der Waals surface area contributed by atoms with E-state index in [1.54, 1.807) is 14.0 Å². The molecule has 1 saturated heterocycles. The highest BCUT2D eigenvalue weighted by atomic mass is 16.2. The lowest BCUT2D eigenvalue weighted by molar-refractivity contribution is -0.138. The van der Waals surface area contributed by atoms with E-state index < -0.39 is 6.04 Å². The summed E-state index contributed by atoms with van der Waals surface area (Å²) in [5.74, 6) is -0.0884. The van der Waals surface area contributed by atoms with Crippen molar-refractivity contribution in [1.29, 1.82) is 0 Å². The zero-order valence-corrected chi connectivity index (χ0v) is 13.0. The van der Waals surface area contributed by atoms with Crippen LogP contribution in [-0.2, 0) is 9.59 Å². The van der Waals surface area contributed by atoms with Gasteiger partial charge in [-0.3, -0.25) is 9.59 Å². The highest BCUT2D eigenvalue weighted by Gasteiger charge is 2.34. The molecule has 118 valence electrons. The summed E-state index contributed by atoms with van der Waals surface area (Å²) in [6.45, 7) is 10.2. The second kappa shape index (κ2) is 7.43. The van der Waals surface area contributed by atoms with Gasteiger partial charge in [-0.1, -0.05) is 19.9 Å². The average Bonchev–Trinajstić information content (AvgIpc) is 2.90. The van der Waals surface area contributed by atoms with Gasteiger partial charge in [-0.05, 0) is 32.7 Å². The normalized spacial score (nSPS) is 21.6. The molecular weight excluding hydrogens is 254 g/mol. The Labute approximate surface area is 124 Å². The van der Waals surface area contributed by atoms with Gasteiger partial charge in [-0.2, -0.15) is 0 Å². The molecule has 1 fully saturated rings. The van der Waals surface area contributed by atoms with Crippen LogP contribution in [0.1, 0.15) is 36.5 Å². The number of carbonyl (C=O) groups is 2. The van der Waals surface area contributed by atoms with Crippen molar-refractivity contribution in [3.05, 3.63) is 12.7 Å². The maximum atomic E-state index is 12.6. The molecule has 1 heterocycles. The Morgan fingerprint density at radius 1 is 1.40 bits per heavy atom. The smallest absolute Gasteiger partial charge is 0.245 e. The summed E-state index contributed by atoms with van der Waals surface area (Å²) in [7, 11) is 1.73. The van der Waals surface area contributed by atoms with Crippen molar-refractivity contribution in [2.45, 2.75) is 51.7 Å². The summed E-state index contributed by atoms with van der Waals surface area (Å²) < 4.78 is 0. The lowest BCUT2D eigenvalue weighted by Gasteiger charge is -2.30. The van der Waals surface area contributed by atoms with E-state index in [2.05, 4.69) is 17.2 Å². The zero-order chi connectivity index (χ0) is 15.3. The predicted molar refractivity (Wildman–Crippen MR) is 84.5 cm³/mol. The third-order valence-corrected chi connectivity index (χ3v) is 3.91. The van der Waals surface area contributed by atoms with E-state index in [0.29, 0.717) is 0 Å². The quantitative estimate of drug-likeness (QED) is 0.725. The fraction of sp³-hybridized carbons (Fsp3) is 0.733. The molecule has 0 bridgehead atoms. The molecule has 1 aliphatic rings. The van der Waals surface area contributed by atoms with Crippen molar-refractivity contribution in [2.75, 3.05) is 13.6 Å². The first-order chi connectivity index (χ1) is 9.42.